The SMILES string of the molecule is CCC(CO)N/C=C(/C#N)C(=O)Nc1ccc(Oc2ccccc2)cc1. The van der Waals surface area contributed by atoms with Gasteiger partial charge in [0, 0.05) is 17.9 Å². The number of benzene rings is 2. The minimum absolute atomic E-state index is 0.0680. The minimum Gasteiger partial charge on any atom is -0.457 e. The zero-order chi connectivity index (χ0) is 18.8. The number of carbonyl (C=O) groups is 1. The molecule has 0 heterocycles. The van der Waals surface area contributed by atoms with Crippen LogP contribution in [0.25, 0.3) is 0 Å². The summed E-state index contributed by atoms with van der Waals surface area (Å²) >= 11 is 0. The molecule has 2 aromatic carbocycles. The molecule has 2 rings (SSSR count). The van der Waals surface area contributed by atoms with E-state index in [2.05, 4.69) is 10.6 Å². The number of rotatable bonds is 8. The van der Waals surface area contributed by atoms with Gasteiger partial charge in [0.25, 0.3) is 5.91 Å². The second-order valence-corrected chi connectivity index (χ2v) is 5.52. The van der Waals surface area contributed by atoms with Crippen LogP contribution < -0.4 is 15.4 Å². The Morgan fingerprint density at radius 3 is 2.42 bits per heavy atom. The molecule has 0 aliphatic rings. The number of aliphatic hydroxyl groups excluding tert-OH is 1. The maximum atomic E-state index is 12.2. The molecule has 1 atom stereocenters. The Kier molecular flexibility index (Phi) is 7.22. The van der Waals surface area contributed by atoms with Crippen LogP contribution in [0, 0.1) is 11.3 Å². The predicted octanol–water partition coefficient (Wildman–Crippen LogP) is 3.19. The molecular formula is C20H21N3O3. The van der Waals surface area contributed by atoms with Crippen molar-refractivity contribution in [3.05, 3.63) is 66.4 Å². The van der Waals surface area contributed by atoms with Crippen LogP contribution in [0.5, 0.6) is 11.5 Å². The topological polar surface area (TPSA) is 94.4 Å². The molecule has 0 bridgehead atoms. The smallest absolute Gasteiger partial charge is 0.267 e. The molecule has 1 unspecified atom stereocenters. The van der Waals surface area contributed by atoms with E-state index in [1.54, 1.807) is 24.3 Å². The highest BCUT2D eigenvalue weighted by atomic mass is 16.5. The molecule has 2 aromatic rings. The molecule has 6 nitrogen and oxygen atoms in total. The molecule has 0 aliphatic carbocycles. The molecule has 26 heavy (non-hydrogen) atoms. The molecule has 0 saturated carbocycles. The summed E-state index contributed by atoms with van der Waals surface area (Å²) < 4.78 is 5.69. The lowest BCUT2D eigenvalue weighted by atomic mass is 10.2. The van der Waals surface area contributed by atoms with Gasteiger partial charge < -0.3 is 20.5 Å². The maximum absolute atomic E-state index is 12.2. The molecular weight excluding hydrogens is 330 g/mol. The molecule has 6 heteroatoms. The van der Waals surface area contributed by atoms with E-state index in [1.165, 1.54) is 6.20 Å². The second kappa shape index (κ2) is 9.87. The third-order valence-corrected chi connectivity index (χ3v) is 3.63. The fraction of sp³-hybridized carbons (Fsp3) is 0.200. The normalized spacial score (nSPS) is 12.0. The summed E-state index contributed by atoms with van der Waals surface area (Å²) in [4.78, 5) is 12.2. The molecule has 134 valence electrons. The highest BCUT2D eigenvalue weighted by Gasteiger charge is 2.10. The van der Waals surface area contributed by atoms with Crippen LogP contribution in [-0.2, 0) is 4.79 Å². The highest BCUT2D eigenvalue weighted by Crippen LogP contribution is 2.22. The van der Waals surface area contributed by atoms with Crippen LogP contribution in [-0.4, -0.2) is 23.7 Å². The van der Waals surface area contributed by atoms with Gasteiger partial charge in [0.2, 0.25) is 0 Å². The summed E-state index contributed by atoms with van der Waals surface area (Å²) in [6, 6.07) is 17.9. The Morgan fingerprint density at radius 2 is 1.85 bits per heavy atom. The average molecular weight is 351 g/mol. The number of hydrogen-bond acceptors (Lipinski definition) is 5. The number of ether oxygens (including phenoxy) is 1. The van der Waals surface area contributed by atoms with Gasteiger partial charge in [0.15, 0.2) is 0 Å². The molecule has 3 N–H and O–H groups in total. The van der Waals surface area contributed by atoms with Crippen molar-refractivity contribution in [2.45, 2.75) is 19.4 Å². The Hall–Kier alpha value is -3.30. The van der Waals surface area contributed by atoms with Gasteiger partial charge in [-0.2, -0.15) is 5.26 Å². The zero-order valence-corrected chi connectivity index (χ0v) is 14.5. The average Bonchev–Trinajstić information content (AvgIpc) is 2.68. The van der Waals surface area contributed by atoms with Crippen LogP contribution in [0.2, 0.25) is 0 Å². The minimum atomic E-state index is -0.524. The number of hydrogen-bond donors (Lipinski definition) is 3. The molecule has 0 aromatic heterocycles. The monoisotopic (exact) mass is 351 g/mol. The Balaban J connectivity index is 1.97. The van der Waals surface area contributed by atoms with Crippen molar-refractivity contribution in [2.24, 2.45) is 0 Å². The molecule has 0 fully saturated rings. The highest BCUT2D eigenvalue weighted by molar-refractivity contribution is 6.06. The van der Waals surface area contributed by atoms with Crippen LogP contribution >= 0.6 is 0 Å². The molecule has 0 saturated heterocycles. The fourth-order valence-electron chi connectivity index (χ4n) is 2.08. The van der Waals surface area contributed by atoms with Crippen LogP contribution in [0.15, 0.2) is 66.4 Å². The van der Waals surface area contributed by atoms with Crippen molar-refractivity contribution in [1.29, 1.82) is 5.26 Å². The number of carbonyl (C=O) groups excluding carboxylic acids is 1. The standard InChI is InChI=1S/C20H21N3O3/c1-2-16(14-24)22-13-15(12-21)20(25)23-17-8-10-19(11-9-17)26-18-6-4-3-5-7-18/h3-11,13,16,22,24H,2,14H2,1H3,(H,23,25)/b15-13-. The largest absolute Gasteiger partial charge is 0.457 e. The Morgan fingerprint density at radius 1 is 1.19 bits per heavy atom. The molecule has 0 spiro atoms. The number of aliphatic hydroxyl groups is 1. The van der Waals surface area contributed by atoms with Gasteiger partial charge in [-0.05, 0) is 42.8 Å². The summed E-state index contributed by atoms with van der Waals surface area (Å²) in [5.41, 5.74) is 0.479. The number of para-hydroxylation sites is 1. The van der Waals surface area contributed by atoms with Gasteiger partial charge in [-0.3, -0.25) is 4.79 Å². The van der Waals surface area contributed by atoms with Gasteiger partial charge in [-0.15, -0.1) is 0 Å². The van der Waals surface area contributed by atoms with Crippen molar-refractivity contribution >= 4 is 11.6 Å². The van der Waals surface area contributed by atoms with Gasteiger partial charge in [0.1, 0.15) is 23.1 Å². The summed E-state index contributed by atoms with van der Waals surface area (Å²) in [7, 11) is 0. The van der Waals surface area contributed by atoms with E-state index in [9.17, 15) is 4.79 Å². The molecule has 0 aliphatic heterocycles. The predicted molar refractivity (Wildman–Crippen MR) is 99.6 cm³/mol. The Labute approximate surface area is 152 Å². The zero-order valence-electron chi connectivity index (χ0n) is 14.5. The first kappa shape index (κ1) is 19.0. The third kappa shape index (κ3) is 5.65. The summed E-state index contributed by atoms with van der Waals surface area (Å²) in [5.74, 6) is 0.838. The fourth-order valence-corrected chi connectivity index (χ4v) is 2.08. The van der Waals surface area contributed by atoms with Gasteiger partial charge in [0.05, 0.1) is 6.61 Å². The number of nitriles is 1. The first-order valence-corrected chi connectivity index (χ1v) is 8.27. The lowest BCUT2D eigenvalue weighted by molar-refractivity contribution is -0.112. The van der Waals surface area contributed by atoms with E-state index in [-0.39, 0.29) is 18.2 Å². The van der Waals surface area contributed by atoms with E-state index < -0.39 is 5.91 Å². The maximum Gasteiger partial charge on any atom is 0.267 e. The quantitative estimate of drug-likeness (QED) is 0.501. The number of nitrogens with zero attached hydrogens (tertiary/aromatic N) is 1. The number of anilines is 1. The molecule has 0 radical (unpaired) electrons. The first-order chi connectivity index (χ1) is 12.7. The summed E-state index contributed by atoms with van der Waals surface area (Å²) in [6.07, 6.45) is 2.00. The lowest BCUT2D eigenvalue weighted by Crippen LogP contribution is -2.28. The van der Waals surface area contributed by atoms with Crippen molar-refractivity contribution in [3.8, 4) is 17.6 Å². The number of amides is 1. The first-order valence-electron chi connectivity index (χ1n) is 8.27. The second-order valence-electron chi connectivity index (χ2n) is 5.52. The van der Waals surface area contributed by atoms with E-state index in [0.29, 0.717) is 17.9 Å². The van der Waals surface area contributed by atoms with E-state index in [0.717, 1.165) is 5.75 Å². The summed E-state index contributed by atoms with van der Waals surface area (Å²) in [6.45, 7) is 1.82. The van der Waals surface area contributed by atoms with E-state index >= 15 is 0 Å². The van der Waals surface area contributed by atoms with Crippen molar-refractivity contribution in [2.75, 3.05) is 11.9 Å². The van der Waals surface area contributed by atoms with Crippen LogP contribution in [0.3, 0.4) is 0 Å². The molecule has 1 amide bonds. The van der Waals surface area contributed by atoms with Crippen molar-refractivity contribution in [1.82, 2.24) is 5.32 Å². The lowest BCUT2D eigenvalue weighted by Gasteiger charge is -2.12. The van der Waals surface area contributed by atoms with Gasteiger partial charge in [-0.25, -0.2) is 0 Å². The van der Waals surface area contributed by atoms with Crippen molar-refractivity contribution < 1.29 is 14.6 Å². The van der Waals surface area contributed by atoms with E-state index in [4.69, 9.17) is 15.1 Å². The number of nitrogens with one attached hydrogen (secondary N) is 2. The van der Waals surface area contributed by atoms with Gasteiger partial charge in [-0.1, -0.05) is 25.1 Å². The van der Waals surface area contributed by atoms with E-state index in [1.807, 2.05) is 43.3 Å². The van der Waals surface area contributed by atoms with Gasteiger partial charge >= 0.3 is 0 Å². The third-order valence-electron chi connectivity index (χ3n) is 3.63. The van der Waals surface area contributed by atoms with Crippen LogP contribution in [0.4, 0.5) is 5.69 Å². The van der Waals surface area contributed by atoms with Crippen LogP contribution in [0.1, 0.15) is 13.3 Å². The Bertz CT molecular complexity index is 776. The summed E-state index contributed by atoms with van der Waals surface area (Å²) in [5, 5.41) is 23.8. The van der Waals surface area contributed by atoms with Crippen molar-refractivity contribution in [3.63, 3.8) is 0 Å².